The fourth-order valence-electron chi connectivity index (χ4n) is 1.51. The maximum atomic E-state index is 12.7. The second-order valence-electron chi connectivity index (χ2n) is 4.42. The van der Waals surface area contributed by atoms with Gasteiger partial charge in [0.15, 0.2) is 0 Å². The number of benzene rings is 1. The molecule has 1 rings (SSSR count). The lowest BCUT2D eigenvalue weighted by Crippen LogP contribution is -2.46. The van der Waals surface area contributed by atoms with Gasteiger partial charge in [-0.25, -0.2) is 4.39 Å². The maximum Gasteiger partial charge on any atom is 0.247 e. The Hall–Kier alpha value is -1.91. The normalized spacial score (nSPS) is 12.1. The van der Waals surface area contributed by atoms with Gasteiger partial charge in [0.2, 0.25) is 11.8 Å². The molecule has 2 amide bonds. The average molecular weight is 252 g/mol. The first kappa shape index (κ1) is 14.2. The Kier molecular flexibility index (Phi) is 4.83. The van der Waals surface area contributed by atoms with E-state index in [1.165, 1.54) is 31.2 Å². The molecule has 0 aliphatic carbocycles. The van der Waals surface area contributed by atoms with Gasteiger partial charge in [0.05, 0.1) is 0 Å². The van der Waals surface area contributed by atoms with E-state index in [-0.39, 0.29) is 23.5 Å². The quantitative estimate of drug-likeness (QED) is 0.860. The van der Waals surface area contributed by atoms with Crippen molar-refractivity contribution in [3.05, 3.63) is 30.1 Å². The van der Waals surface area contributed by atoms with E-state index in [1.54, 1.807) is 0 Å². The van der Waals surface area contributed by atoms with E-state index in [0.717, 1.165) is 0 Å². The second kappa shape index (κ2) is 6.14. The first-order valence-electron chi connectivity index (χ1n) is 5.73. The highest BCUT2D eigenvalue weighted by Gasteiger charge is 2.22. The molecule has 1 atom stereocenters. The number of anilines is 1. The smallest absolute Gasteiger partial charge is 0.247 e. The average Bonchev–Trinajstić information content (AvgIpc) is 2.28. The van der Waals surface area contributed by atoms with Crippen molar-refractivity contribution in [1.82, 2.24) is 5.32 Å². The van der Waals surface area contributed by atoms with Crippen LogP contribution in [0.25, 0.3) is 0 Å². The van der Waals surface area contributed by atoms with E-state index < -0.39 is 6.04 Å². The summed E-state index contributed by atoms with van der Waals surface area (Å²) in [7, 11) is 0. The molecular weight excluding hydrogens is 235 g/mol. The molecule has 1 aromatic carbocycles. The molecular formula is C13H17FN2O2. The Labute approximate surface area is 106 Å². The molecule has 1 aromatic rings. The lowest BCUT2D eigenvalue weighted by molar-refractivity contribution is -0.126. The van der Waals surface area contributed by atoms with Crippen LogP contribution in [0.3, 0.4) is 0 Å². The zero-order valence-corrected chi connectivity index (χ0v) is 10.7. The number of halogens is 1. The van der Waals surface area contributed by atoms with Gasteiger partial charge in [0, 0.05) is 12.6 Å². The monoisotopic (exact) mass is 252 g/mol. The Bertz CT molecular complexity index is 429. The minimum atomic E-state index is -0.604. The van der Waals surface area contributed by atoms with E-state index in [0.29, 0.717) is 5.69 Å². The van der Waals surface area contributed by atoms with Gasteiger partial charge >= 0.3 is 0 Å². The van der Waals surface area contributed by atoms with Crippen LogP contribution < -0.4 is 10.6 Å². The van der Waals surface area contributed by atoms with Crippen LogP contribution in [-0.2, 0) is 9.59 Å². The first-order chi connectivity index (χ1) is 8.40. The molecule has 2 N–H and O–H groups in total. The molecule has 0 heterocycles. The SMILES string of the molecule is CC(=O)NC(C(=O)Nc1ccc(F)cc1)C(C)C. The molecule has 0 spiro atoms. The Morgan fingerprint density at radius 2 is 1.72 bits per heavy atom. The highest BCUT2D eigenvalue weighted by atomic mass is 19.1. The summed E-state index contributed by atoms with van der Waals surface area (Å²) in [4.78, 5) is 23.0. The van der Waals surface area contributed by atoms with Crippen molar-refractivity contribution < 1.29 is 14.0 Å². The van der Waals surface area contributed by atoms with Crippen LogP contribution in [0.1, 0.15) is 20.8 Å². The molecule has 1 unspecified atom stereocenters. The number of hydrogen-bond donors (Lipinski definition) is 2. The number of nitrogens with one attached hydrogen (secondary N) is 2. The van der Waals surface area contributed by atoms with E-state index in [9.17, 15) is 14.0 Å². The van der Waals surface area contributed by atoms with Crippen molar-refractivity contribution in [2.24, 2.45) is 5.92 Å². The lowest BCUT2D eigenvalue weighted by atomic mass is 10.0. The van der Waals surface area contributed by atoms with Crippen molar-refractivity contribution in [2.45, 2.75) is 26.8 Å². The predicted octanol–water partition coefficient (Wildman–Crippen LogP) is 1.92. The van der Waals surface area contributed by atoms with Crippen LogP contribution in [0, 0.1) is 11.7 Å². The van der Waals surface area contributed by atoms with Crippen LogP contribution in [0.5, 0.6) is 0 Å². The number of carbonyl (C=O) groups is 2. The molecule has 18 heavy (non-hydrogen) atoms. The number of hydrogen-bond acceptors (Lipinski definition) is 2. The molecule has 0 saturated carbocycles. The van der Waals surface area contributed by atoms with E-state index in [4.69, 9.17) is 0 Å². The predicted molar refractivity (Wildman–Crippen MR) is 67.5 cm³/mol. The van der Waals surface area contributed by atoms with Gasteiger partial charge in [-0.2, -0.15) is 0 Å². The fraction of sp³-hybridized carbons (Fsp3) is 0.385. The first-order valence-corrected chi connectivity index (χ1v) is 5.73. The summed E-state index contributed by atoms with van der Waals surface area (Å²) in [5.74, 6) is -0.973. The van der Waals surface area contributed by atoms with Crippen LogP contribution in [0.4, 0.5) is 10.1 Å². The van der Waals surface area contributed by atoms with Gasteiger partial charge in [-0.05, 0) is 30.2 Å². The second-order valence-corrected chi connectivity index (χ2v) is 4.42. The molecule has 5 heteroatoms. The molecule has 4 nitrogen and oxygen atoms in total. The number of rotatable bonds is 4. The van der Waals surface area contributed by atoms with Gasteiger partial charge < -0.3 is 10.6 Å². The van der Waals surface area contributed by atoms with E-state index in [1.807, 2.05) is 13.8 Å². The van der Waals surface area contributed by atoms with Crippen molar-refractivity contribution in [3.63, 3.8) is 0 Å². The molecule has 0 aliphatic heterocycles. The standard InChI is InChI=1S/C13H17FN2O2/c1-8(2)12(15-9(3)17)13(18)16-11-6-4-10(14)5-7-11/h4-8,12H,1-3H3,(H,15,17)(H,16,18). The largest absolute Gasteiger partial charge is 0.344 e. The van der Waals surface area contributed by atoms with Crippen molar-refractivity contribution in [3.8, 4) is 0 Å². The highest BCUT2D eigenvalue weighted by Crippen LogP contribution is 2.10. The summed E-state index contributed by atoms with van der Waals surface area (Å²) >= 11 is 0. The van der Waals surface area contributed by atoms with Crippen LogP contribution in [-0.4, -0.2) is 17.9 Å². The third kappa shape index (κ3) is 4.16. The Balaban J connectivity index is 2.72. The van der Waals surface area contributed by atoms with Gasteiger partial charge in [-0.3, -0.25) is 9.59 Å². The molecule has 0 bridgehead atoms. The summed E-state index contributed by atoms with van der Waals surface area (Å²) in [5, 5.41) is 5.22. The van der Waals surface area contributed by atoms with Crippen molar-refractivity contribution in [1.29, 1.82) is 0 Å². The van der Waals surface area contributed by atoms with Crippen molar-refractivity contribution in [2.75, 3.05) is 5.32 Å². The Morgan fingerprint density at radius 3 is 2.17 bits per heavy atom. The molecule has 0 aliphatic rings. The minimum absolute atomic E-state index is 0.0330. The highest BCUT2D eigenvalue weighted by molar-refractivity contribution is 5.97. The van der Waals surface area contributed by atoms with Crippen LogP contribution >= 0.6 is 0 Å². The summed E-state index contributed by atoms with van der Waals surface area (Å²) in [5.41, 5.74) is 0.498. The molecule has 0 aromatic heterocycles. The van der Waals surface area contributed by atoms with Crippen LogP contribution in [0.2, 0.25) is 0 Å². The summed E-state index contributed by atoms with van der Waals surface area (Å²) in [6.07, 6.45) is 0. The molecule has 98 valence electrons. The molecule has 0 fully saturated rings. The van der Waals surface area contributed by atoms with Crippen molar-refractivity contribution >= 4 is 17.5 Å². The zero-order chi connectivity index (χ0) is 13.7. The molecule has 0 radical (unpaired) electrons. The summed E-state index contributed by atoms with van der Waals surface area (Å²) in [6, 6.07) is 4.86. The number of amides is 2. The van der Waals surface area contributed by atoms with Gasteiger partial charge in [-0.15, -0.1) is 0 Å². The van der Waals surface area contributed by atoms with Gasteiger partial charge in [0.1, 0.15) is 11.9 Å². The van der Waals surface area contributed by atoms with Gasteiger partial charge in [-0.1, -0.05) is 13.8 Å². The fourth-order valence-corrected chi connectivity index (χ4v) is 1.51. The Morgan fingerprint density at radius 1 is 1.17 bits per heavy atom. The van der Waals surface area contributed by atoms with E-state index in [2.05, 4.69) is 10.6 Å². The zero-order valence-electron chi connectivity index (χ0n) is 10.7. The topological polar surface area (TPSA) is 58.2 Å². The molecule has 0 saturated heterocycles. The maximum absolute atomic E-state index is 12.7. The lowest BCUT2D eigenvalue weighted by Gasteiger charge is -2.20. The third-order valence-corrected chi connectivity index (χ3v) is 2.42. The minimum Gasteiger partial charge on any atom is -0.344 e. The summed E-state index contributed by atoms with van der Waals surface area (Å²) in [6.45, 7) is 5.04. The third-order valence-electron chi connectivity index (χ3n) is 2.42. The van der Waals surface area contributed by atoms with Gasteiger partial charge in [0.25, 0.3) is 0 Å². The summed E-state index contributed by atoms with van der Waals surface area (Å²) < 4.78 is 12.7. The van der Waals surface area contributed by atoms with E-state index >= 15 is 0 Å². The number of carbonyl (C=O) groups excluding carboxylic acids is 2. The van der Waals surface area contributed by atoms with Crippen LogP contribution in [0.15, 0.2) is 24.3 Å².